The molecule has 0 aromatic heterocycles. The predicted molar refractivity (Wildman–Crippen MR) is 107 cm³/mol. The molecule has 0 radical (unpaired) electrons. The average Bonchev–Trinajstić information content (AvgIpc) is 3.38. The summed E-state index contributed by atoms with van der Waals surface area (Å²) < 4.78 is 11.4. The van der Waals surface area contributed by atoms with Gasteiger partial charge in [-0.1, -0.05) is 12.1 Å². The Morgan fingerprint density at radius 1 is 1.18 bits per heavy atom. The molecular weight excluding hydrogens is 356 g/mol. The molecule has 2 heterocycles. The molecule has 0 bridgehead atoms. The molecule has 146 valence electrons. The molecule has 2 aromatic rings. The predicted octanol–water partition coefficient (Wildman–Crippen LogP) is 3.62. The number of hydrogen-bond acceptors (Lipinski definition) is 4. The summed E-state index contributed by atoms with van der Waals surface area (Å²) in [5.74, 6) is 0.586. The van der Waals surface area contributed by atoms with Crippen LogP contribution in [0.1, 0.15) is 36.0 Å². The smallest absolute Gasteiger partial charge is 0.255 e. The van der Waals surface area contributed by atoms with Crippen LogP contribution in [0.5, 0.6) is 5.75 Å². The summed E-state index contributed by atoms with van der Waals surface area (Å²) in [6.45, 7) is 2.02. The Balaban J connectivity index is 1.40. The Hall–Kier alpha value is -2.86. The van der Waals surface area contributed by atoms with Crippen molar-refractivity contribution in [2.75, 3.05) is 30.0 Å². The molecule has 2 saturated heterocycles. The topological polar surface area (TPSA) is 67.9 Å². The molecule has 2 aromatic carbocycles. The molecule has 2 aliphatic heterocycles. The van der Waals surface area contributed by atoms with E-state index in [4.69, 9.17) is 9.47 Å². The number of rotatable bonds is 6. The minimum absolute atomic E-state index is 0.105. The zero-order chi connectivity index (χ0) is 19.3. The van der Waals surface area contributed by atoms with Crippen molar-refractivity contribution in [3.8, 4) is 5.75 Å². The number of hydrogen-bond donors (Lipinski definition) is 1. The van der Waals surface area contributed by atoms with E-state index in [1.54, 1.807) is 29.2 Å². The lowest BCUT2D eigenvalue weighted by molar-refractivity contribution is -0.117. The first kappa shape index (κ1) is 18.5. The molecule has 2 fully saturated rings. The number of ether oxygens (including phenoxy) is 2. The summed E-state index contributed by atoms with van der Waals surface area (Å²) in [6, 6.07) is 14.5. The van der Waals surface area contributed by atoms with E-state index in [0.717, 1.165) is 31.6 Å². The van der Waals surface area contributed by atoms with Crippen LogP contribution in [0.25, 0.3) is 0 Å². The summed E-state index contributed by atoms with van der Waals surface area (Å²) in [5.41, 5.74) is 1.95. The molecule has 0 unspecified atom stereocenters. The highest BCUT2D eigenvalue weighted by Gasteiger charge is 2.22. The molecule has 4 rings (SSSR count). The van der Waals surface area contributed by atoms with Gasteiger partial charge in [0.15, 0.2) is 0 Å². The van der Waals surface area contributed by atoms with Gasteiger partial charge in [-0.15, -0.1) is 0 Å². The molecule has 6 nitrogen and oxygen atoms in total. The van der Waals surface area contributed by atoms with Gasteiger partial charge in [-0.2, -0.15) is 0 Å². The number of amides is 2. The van der Waals surface area contributed by atoms with Gasteiger partial charge in [0.25, 0.3) is 5.91 Å². The van der Waals surface area contributed by atoms with Crippen molar-refractivity contribution in [2.45, 2.75) is 31.8 Å². The van der Waals surface area contributed by atoms with Gasteiger partial charge in [0.1, 0.15) is 12.4 Å². The fourth-order valence-corrected chi connectivity index (χ4v) is 3.57. The lowest BCUT2D eigenvalue weighted by atomic mass is 10.1. The molecule has 1 N–H and O–H groups in total. The second-order valence-electron chi connectivity index (χ2n) is 7.13. The van der Waals surface area contributed by atoms with E-state index in [1.165, 1.54) is 0 Å². The molecular formula is C22H24N2O4. The third-order valence-corrected chi connectivity index (χ3v) is 5.05. The number of anilines is 2. The molecule has 0 aliphatic carbocycles. The van der Waals surface area contributed by atoms with Crippen molar-refractivity contribution < 1.29 is 19.1 Å². The third kappa shape index (κ3) is 4.34. The Morgan fingerprint density at radius 2 is 2.07 bits per heavy atom. The van der Waals surface area contributed by atoms with Gasteiger partial charge in [0.05, 0.1) is 6.10 Å². The molecule has 0 spiro atoms. The van der Waals surface area contributed by atoms with Crippen LogP contribution in [0, 0.1) is 0 Å². The second kappa shape index (κ2) is 8.44. The number of carbonyl (C=O) groups is 2. The minimum Gasteiger partial charge on any atom is -0.491 e. The highest BCUT2D eigenvalue weighted by atomic mass is 16.5. The van der Waals surface area contributed by atoms with Gasteiger partial charge < -0.3 is 19.7 Å². The molecule has 2 aliphatic rings. The Bertz CT molecular complexity index is 861. The summed E-state index contributed by atoms with van der Waals surface area (Å²) in [6.07, 6.45) is 3.66. The number of carbonyl (C=O) groups excluding carboxylic acids is 2. The molecule has 2 amide bonds. The van der Waals surface area contributed by atoms with Crippen LogP contribution >= 0.6 is 0 Å². The van der Waals surface area contributed by atoms with Crippen LogP contribution < -0.4 is 15.0 Å². The highest BCUT2D eigenvalue weighted by molar-refractivity contribution is 6.05. The van der Waals surface area contributed by atoms with E-state index >= 15 is 0 Å². The molecule has 6 heteroatoms. The summed E-state index contributed by atoms with van der Waals surface area (Å²) >= 11 is 0. The van der Waals surface area contributed by atoms with Gasteiger partial charge in [-0.25, -0.2) is 0 Å². The number of benzene rings is 2. The maximum atomic E-state index is 12.7. The minimum atomic E-state index is -0.218. The molecule has 1 atom stereocenters. The summed E-state index contributed by atoms with van der Waals surface area (Å²) in [5, 5.41) is 2.90. The first-order chi connectivity index (χ1) is 13.7. The van der Waals surface area contributed by atoms with Gasteiger partial charge in [-0.05, 0) is 49.6 Å². The van der Waals surface area contributed by atoms with Crippen molar-refractivity contribution in [1.29, 1.82) is 0 Å². The van der Waals surface area contributed by atoms with E-state index < -0.39 is 0 Å². The van der Waals surface area contributed by atoms with Crippen molar-refractivity contribution >= 4 is 23.2 Å². The van der Waals surface area contributed by atoms with Gasteiger partial charge >= 0.3 is 0 Å². The average molecular weight is 380 g/mol. The largest absolute Gasteiger partial charge is 0.491 e. The fraction of sp³-hybridized carbons (Fsp3) is 0.364. The zero-order valence-electron chi connectivity index (χ0n) is 15.7. The van der Waals surface area contributed by atoms with Gasteiger partial charge in [0.2, 0.25) is 5.91 Å². The maximum absolute atomic E-state index is 12.7. The summed E-state index contributed by atoms with van der Waals surface area (Å²) in [4.78, 5) is 26.3. The molecule has 28 heavy (non-hydrogen) atoms. The van der Waals surface area contributed by atoms with E-state index in [-0.39, 0.29) is 17.9 Å². The lowest BCUT2D eigenvalue weighted by Gasteiger charge is -2.16. The van der Waals surface area contributed by atoms with Crippen LogP contribution in [-0.2, 0) is 9.53 Å². The Morgan fingerprint density at radius 3 is 2.86 bits per heavy atom. The normalized spacial score (nSPS) is 19.1. The van der Waals surface area contributed by atoms with Crippen molar-refractivity contribution in [2.24, 2.45) is 0 Å². The SMILES string of the molecule is O=C(Nc1cccc(OC[C@H]2CCCO2)c1)c1cccc(N2CCCC2=O)c1. The van der Waals surface area contributed by atoms with Crippen LogP contribution in [0.3, 0.4) is 0 Å². The van der Waals surface area contributed by atoms with Crippen LogP contribution in [0.15, 0.2) is 48.5 Å². The van der Waals surface area contributed by atoms with Crippen LogP contribution in [0.4, 0.5) is 11.4 Å². The lowest BCUT2D eigenvalue weighted by Crippen LogP contribution is -2.24. The van der Waals surface area contributed by atoms with Crippen LogP contribution in [0.2, 0.25) is 0 Å². The van der Waals surface area contributed by atoms with E-state index in [9.17, 15) is 9.59 Å². The standard InChI is InChI=1S/C22H24N2O4/c25-21-10-3-11-24(21)18-7-1-5-16(13-18)22(26)23-17-6-2-8-19(14-17)28-15-20-9-4-12-27-20/h1-2,5-8,13-14,20H,3-4,9-12,15H2,(H,23,26)/t20-/m1/s1. The zero-order valence-corrected chi connectivity index (χ0v) is 15.7. The maximum Gasteiger partial charge on any atom is 0.255 e. The van der Waals surface area contributed by atoms with E-state index in [1.807, 2.05) is 24.3 Å². The van der Waals surface area contributed by atoms with Gasteiger partial charge in [-0.3, -0.25) is 9.59 Å². The van der Waals surface area contributed by atoms with Gasteiger partial charge in [0, 0.05) is 42.6 Å². The third-order valence-electron chi connectivity index (χ3n) is 5.05. The number of nitrogens with one attached hydrogen (secondary N) is 1. The first-order valence-electron chi connectivity index (χ1n) is 9.75. The fourth-order valence-electron chi connectivity index (χ4n) is 3.57. The monoisotopic (exact) mass is 380 g/mol. The van der Waals surface area contributed by atoms with E-state index in [2.05, 4.69) is 5.32 Å². The molecule has 0 saturated carbocycles. The Labute approximate surface area is 164 Å². The van der Waals surface area contributed by atoms with Crippen LogP contribution in [-0.4, -0.2) is 37.7 Å². The van der Waals surface area contributed by atoms with Crippen molar-refractivity contribution in [3.63, 3.8) is 0 Å². The Kier molecular flexibility index (Phi) is 5.58. The van der Waals surface area contributed by atoms with E-state index in [0.29, 0.717) is 36.6 Å². The summed E-state index contributed by atoms with van der Waals surface area (Å²) in [7, 11) is 0. The van der Waals surface area contributed by atoms with Crippen molar-refractivity contribution in [3.05, 3.63) is 54.1 Å². The second-order valence-corrected chi connectivity index (χ2v) is 7.13. The highest BCUT2D eigenvalue weighted by Crippen LogP contribution is 2.24. The quantitative estimate of drug-likeness (QED) is 0.831. The number of nitrogens with zero attached hydrogens (tertiary/aromatic N) is 1. The first-order valence-corrected chi connectivity index (χ1v) is 9.75. The van der Waals surface area contributed by atoms with Crippen molar-refractivity contribution in [1.82, 2.24) is 0 Å².